The maximum Gasteiger partial charge on any atom is 0.250 e. The van der Waals surface area contributed by atoms with E-state index < -0.39 is 0 Å². The van der Waals surface area contributed by atoms with Crippen LogP contribution in [-0.4, -0.2) is 39.7 Å². The molecule has 0 saturated carbocycles. The molecule has 0 atom stereocenters. The van der Waals surface area contributed by atoms with E-state index in [4.69, 9.17) is 9.15 Å². The van der Waals surface area contributed by atoms with Crippen LogP contribution in [0.15, 0.2) is 63.4 Å². The molecule has 0 saturated heterocycles. The number of ether oxygens (including phenoxy) is 1. The van der Waals surface area contributed by atoms with Crippen LogP contribution in [-0.2, 0) is 11.3 Å². The van der Waals surface area contributed by atoms with Gasteiger partial charge < -0.3 is 13.7 Å². The van der Waals surface area contributed by atoms with Gasteiger partial charge in [-0.25, -0.2) is 5.43 Å². The van der Waals surface area contributed by atoms with Gasteiger partial charge in [-0.3, -0.25) is 4.79 Å². The van der Waals surface area contributed by atoms with Crippen LogP contribution in [0.3, 0.4) is 0 Å². The largest absolute Gasteiger partial charge is 0.497 e. The van der Waals surface area contributed by atoms with Crippen molar-refractivity contribution < 1.29 is 13.9 Å². The van der Waals surface area contributed by atoms with Crippen molar-refractivity contribution in [1.82, 2.24) is 20.2 Å². The number of amides is 1. The van der Waals surface area contributed by atoms with Crippen molar-refractivity contribution in [3.8, 4) is 17.1 Å². The third-order valence-corrected chi connectivity index (χ3v) is 4.83. The fraction of sp³-hybridized carbons (Fsp3) is 0.200. The number of nitrogens with zero attached hydrogens (tertiary/aromatic N) is 4. The van der Waals surface area contributed by atoms with Crippen molar-refractivity contribution in [3.05, 3.63) is 54.5 Å². The number of hydrazone groups is 1. The van der Waals surface area contributed by atoms with E-state index in [-0.39, 0.29) is 11.7 Å². The van der Waals surface area contributed by atoms with Gasteiger partial charge in [0, 0.05) is 18.3 Å². The van der Waals surface area contributed by atoms with E-state index in [1.54, 1.807) is 31.6 Å². The third kappa shape index (κ3) is 5.58. The second-order valence-corrected chi connectivity index (χ2v) is 6.70. The molecule has 1 aromatic carbocycles. The summed E-state index contributed by atoms with van der Waals surface area (Å²) in [6, 6.07) is 11.2. The highest BCUT2D eigenvalue weighted by molar-refractivity contribution is 7.99. The van der Waals surface area contributed by atoms with Crippen LogP contribution < -0.4 is 10.2 Å². The number of hydrogen-bond acceptors (Lipinski definition) is 7. The molecule has 0 aliphatic heterocycles. The van der Waals surface area contributed by atoms with Crippen LogP contribution in [0.4, 0.5) is 0 Å². The van der Waals surface area contributed by atoms with E-state index in [0.717, 1.165) is 17.1 Å². The summed E-state index contributed by atoms with van der Waals surface area (Å²) < 4.78 is 12.3. The summed E-state index contributed by atoms with van der Waals surface area (Å²) in [6.45, 7) is 2.70. The molecule has 9 heteroatoms. The van der Waals surface area contributed by atoms with Crippen molar-refractivity contribution in [2.24, 2.45) is 5.10 Å². The lowest BCUT2D eigenvalue weighted by Crippen LogP contribution is -2.19. The van der Waals surface area contributed by atoms with Gasteiger partial charge in [-0.05, 0) is 55.5 Å². The quantitative estimate of drug-likeness (QED) is 0.329. The first-order chi connectivity index (χ1) is 14.2. The summed E-state index contributed by atoms with van der Waals surface area (Å²) in [5.74, 6) is 2.19. The zero-order valence-electron chi connectivity index (χ0n) is 16.1. The zero-order valence-corrected chi connectivity index (χ0v) is 16.9. The normalized spacial score (nSPS) is 11.4. The summed E-state index contributed by atoms with van der Waals surface area (Å²) in [7, 11) is 1.63. The molecular weight excluding hydrogens is 390 g/mol. The first kappa shape index (κ1) is 20.4. The first-order valence-corrected chi connectivity index (χ1v) is 9.92. The number of thioether (sulfide) groups is 1. The lowest BCUT2D eigenvalue weighted by atomic mass is 10.2. The van der Waals surface area contributed by atoms with Crippen LogP contribution in [0.2, 0.25) is 0 Å². The summed E-state index contributed by atoms with van der Waals surface area (Å²) in [5.41, 5.74) is 3.41. The number of carbonyl (C=O) groups excluding carboxylic acids is 1. The number of hydrogen-bond donors (Lipinski definition) is 1. The molecule has 8 nitrogen and oxygen atoms in total. The van der Waals surface area contributed by atoms with Crippen LogP contribution in [0.5, 0.6) is 5.75 Å². The Morgan fingerprint density at radius 1 is 1.31 bits per heavy atom. The van der Waals surface area contributed by atoms with E-state index in [1.165, 1.54) is 18.0 Å². The Morgan fingerprint density at radius 2 is 2.14 bits per heavy atom. The molecule has 0 fully saturated rings. The SMILES string of the molecule is CCn1c(SCC(=O)NN=C/C=C/c2ccco2)nnc1-c1ccc(OC)cc1. The van der Waals surface area contributed by atoms with E-state index in [2.05, 4.69) is 20.7 Å². The molecule has 1 N–H and O–H groups in total. The predicted octanol–water partition coefficient (Wildman–Crippen LogP) is 3.47. The summed E-state index contributed by atoms with van der Waals surface area (Å²) in [5, 5.41) is 13.0. The molecule has 3 aromatic rings. The van der Waals surface area contributed by atoms with Gasteiger partial charge in [0.2, 0.25) is 0 Å². The second-order valence-electron chi connectivity index (χ2n) is 5.76. The van der Waals surface area contributed by atoms with Gasteiger partial charge in [-0.15, -0.1) is 10.2 Å². The van der Waals surface area contributed by atoms with Gasteiger partial charge in [-0.2, -0.15) is 5.10 Å². The molecule has 0 spiro atoms. The second kappa shape index (κ2) is 10.3. The number of carbonyl (C=O) groups is 1. The van der Waals surface area contributed by atoms with Crippen LogP contribution in [0.25, 0.3) is 17.5 Å². The number of aromatic nitrogens is 3. The number of rotatable bonds is 9. The smallest absolute Gasteiger partial charge is 0.250 e. The fourth-order valence-electron chi connectivity index (χ4n) is 2.47. The van der Waals surface area contributed by atoms with Crippen molar-refractivity contribution in [2.75, 3.05) is 12.9 Å². The molecule has 0 bridgehead atoms. The van der Waals surface area contributed by atoms with E-state index in [9.17, 15) is 4.79 Å². The Labute approximate surface area is 172 Å². The number of furan rings is 1. The highest BCUT2D eigenvalue weighted by atomic mass is 32.2. The molecular formula is C20H21N5O3S. The van der Waals surface area contributed by atoms with Crippen molar-refractivity contribution >= 4 is 30.0 Å². The average Bonchev–Trinajstić information content (AvgIpc) is 3.41. The monoisotopic (exact) mass is 411 g/mol. The van der Waals surface area contributed by atoms with Crippen molar-refractivity contribution in [3.63, 3.8) is 0 Å². The minimum atomic E-state index is -0.228. The van der Waals surface area contributed by atoms with E-state index in [1.807, 2.05) is 41.8 Å². The Bertz CT molecular complexity index is 978. The van der Waals surface area contributed by atoms with E-state index in [0.29, 0.717) is 17.5 Å². The molecule has 0 aliphatic carbocycles. The van der Waals surface area contributed by atoms with Gasteiger partial charge in [0.05, 0.1) is 19.1 Å². The van der Waals surface area contributed by atoms with Crippen molar-refractivity contribution in [1.29, 1.82) is 0 Å². The van der Waals surface area contributed by atoms with Crippen LogP contribution in [0.1, 0.15) is 12.7 Å². The molecule has 0 unspecified atom stereocenters. The Kier molecular flexibility index (Phi) is 7.23. The van der Waals surface area contributed by atoms with E-state index >= 15 is 0 Å². The maximum atomic E-state index is 12.0. The van der Waals surface area contributed by atoms with Gasteiger partial charge in [0.1, 0.15) is 11.5 Å². The highest BCUT2D eigenvalue weighted by Crippen LogP contribution is 2.25. The molecule has 150 valence electrons. The standard InChI is InChI=1S/C20H21N5O3S/c1-3-25-19(15-8-10-16(27-2)11-9-15)23-24-20(25)29-14-18(26)22-21-12-4-6-17-7-5-13-28-17/h4-13H,3,14H2,1-2H3,(H,22,26)/b6-4+,21-12?. The summed E-state index contributed by atoms with van der Waals surface area (Å²) in [6.07, 6.45) is 6.50. The third-order valence-electron chi connectivity index (χ3n) is 3.87. The average molecular weight is 411 g/mol. The predicted molar refractivity (Wildman–Crippen MR) is 113 cm³/mol. The summed E-state index contributed by atoms with van der Waals surface area (Å²) >= 11 is 1.31. The van der Waals surface area contributed by atoms with Crippen LogP contribution >= 0.6 is 11.8 Å². The van der Waals surface area contributed by atoms with Gasteiger partial charge in [0.15, 0.2) is 11.0 Å². The zero-order chi connectivity index (χ0) is 20.5. The Balaban J connectivity index is 1.54. The van der Waals surface area contributed by atoms with Gasteiger partial charge in [-0.1, -0.05) is 11.8 Å². The minimum Gasteiger partial charge on any atom is -0.497 e. The van der Waals surface area contributed by atoms with Crippen LogP contribution in [0, 0.1) is 0 Å². The molecule has 2 aromatic heterocycles. The van der Waals surface area contributed by atoms with Gasteiger partial charge in [0.25, 0.3) is 5.91 Å². The lowest BCUT2D eigenvalue weighted by Gasteiger charge is -2.07. The first-order valence-electron chi connectivity index (χ1n) is 8.93. The molecule has 0 radical (unpaired) electrons. The molecule has 29 heavy (non-hydrogen) atoms. The Morgan fingerprint density at radius 3 is 2.83 bits per heavy atom. The molecule has 1 amide bonds. The number of benzene rings is 1. The molecule has 3 rings (SSSR count). The molecule has 0 aliphatic rings. The summed E-state index contributed by atoms with van der Waals surface area (Å²) in [4.78, 5) is 12.0. The van der Waals surface area contributed by atoms with Crippen molar-refractivity contribution in [2.45, 2.75) is 18.6 Å². The van der Waals surface area contributed by atoms with Gasteiger partial charge >= 0.3 is 0 Å². The highest BCUT2D eigenvalue weighted by Gasteiger charge is 2.14. The fourth-order valence-corrected chi connectivity index (χ4v) is 3.27. The topological polar surface area (TPSA) is 94.5 Å². The number of methoxy groups -OCH3 is 1. The Hall–Kier alpha value is -3.33. The number of nitrogens with one attached hydrogen (secondary N) is 1. The maximum absolute atomic E-state index is 12.0. The molecule has 2 heterocycles. The lowest BCUT2D eigenvalue weighted by molar-refractivity contribution is -0.118. The minimum absolute atomic E-state index is 0.181. The number of allylic oxidation sites excluding steroid dienone is 1.